The number of thiophene rings is 1. The molecule has 4 heteroatoms. The summed E-state index contributed by atoms with van der Waals surface area (Å²) in [6.07, 6.45) is 0.827. The van der Waals surface area contributed by atoms with E-state index in [0.29, 0.717) is 18.0 Å². The first-order valence-electron chi connectivity index (χ1n) is 6.81. The van der Waals surface area contributed by atoms with Crippen molar-refractivity contribution in [2.45, 2.75) is 13.3 Å². The van der Waals surface area contributed by atoms with E-state index in [1.165, 1.54) is 22.5 Å². The largest absolute Gasteiger partial charge is 0.351 e. The Kier molecular flexibility index (Phi) is 5.56. The molecule has 0 unspecified atom stereocenters. The van der Waals surface area contributed by atoms with Gasteiger partial charge in [-0.3, -0.25) is 4.79 Å². The van der Waals surface area contributed by atoms with Crippen LogP contribution in [0.2, 0.25) is 0 Å². The van der Waals surface area contributed by atoms with Crippen LogP contribution in [0.1, 0.15) is 26.4 Å². The van der Waals surface area contributed by atoms with E-state index in [1.807, 2.05) is 23.6 Å². The van der Waals surface area contributed by atoms with Crippen molar-refractivity contribution in [1.82, 2.24) is 5.32 Å². The van der Waals surface area contributed by atoms with Gasteiger partial charge in [-0.25, -0.2) is 0 Å². The molecule has 1 aromatic carbocycles. The third-order valence-electron chi connectivity index (χ3n) is 3.14. The number of rotatable bonds is 4. The predicted molar refractivity (Wildman–Crippen MR) is 87.5 cm³/mol. The minimum atomic E-state index is -0.0695. The number of benzene rings is 1. The molecule has 108 valence electrons. The standard InChI is InChI=1S/C17H18N2OS/c1-13-5-2-3-6-14(13)8-11-19-17(20)16-15(7-4-10-18)9-12-21-16/h2-3,5-6,9,12H,8,10-11,18H2,1H3,(H,19,20). The van der Waals surface area contributed by atoms with E-state index in [2.05, 4.69) is 36.2 Å². The summed E-state index contributed by atoms with van der Waals surface area (Å²) in [7, 11) is 0. The molecule has 0 fully saturated rings. The molecule has 21 heavy (non-hydrogen) atoms. The van der Waals surface area contributed by atoms with E-state index in [-0.39, 0.29) is 5.91 Å². The Labute approximate surface area is 129 Å². The Morgan fingerprint density at radius 2 is 2.14 bits per heavy atom. The zero-order valence-electron chi connectivity index (χ0n) is 12.0. The fraction of sp³-hybridized carbons (Fsp3) is 0.235. The number of hydrogen-bond donors (Lipinski definition) is 2. The lowest BCUT2D eigenvalue weighted by atomic mass is 10.1. The molecule has 2 aromatic rings. The molecule has 1 heterocycles. The van der Waals surface area contributed by atoms with Crippen molar-refractivity contribution in [3.8, 4) is 11.8 Å². The molecule has 1 aromatic heterocycles. The first-order valence-corrected chi connectivity index (χ1v) is 7.69. The summed E-state index contributed by atoms with van der Waals surface area (Å²) < 4.78 is 0. The smallest absolute Gasteiger partial charge is 0.262 e. The molecule has 3 N–H and O–H groups in total. The highest BCUT2D eigenvalue weighted by Crippen LogP contribution is 2.15. The Bertz CT molecular complexity index is 679. The van der Waals surface area contributed by atoms with Crippen LogP contribution in [0, 0.1) is 18.8 Å². The van der Waals surface area contributed by atoms with Gasteiger partial charge in [0.05, 0.1) is 6.54 Å². The van der Waals surface area contributed by atoms with Crippen molar-refractivity contribution in [2.24, 2.45) is 5.73 Å². The topological polar surface area (TPSA) is 55.1 Å². The van der Waals surface area contributed by atoms with Gasteiger partial charge in [0.25, 0.3) is 5.91 Å². The highest BCUT2D eigenvalue weighted by atomic mass is 32.1. The SMILES string of the molecule is Cc1ccccc1CCNC(=O)c1sccc1C#CCN. The van der Waals surface area contributed by atoms with Crippen LogP contribution >= 0.6 is 11.3 Å². The first-order chi connectivity index (χ1) is 10.2. The fourth-order valence-electron chi connectivity index (χ4n) is 2.01. The van der Waals surface area contributed by atoms with Crippen molar-refractivity contribution >= 4 is 17.2 Å². The maximum absolute atomic E-state index is 12.2. The molecule has 2 rings (SSSR count). The summed E-state index contributed by atoms with van der Waals surface area (Å²) in [6.45, 7) is 2.99. The lowest BCUT2D eigenvalue weighted by Crippen LogP contribution is -2.25. The number of nitrogens with one attached hydrogen (secondary N) is 1. The molecule has 0 aliphatic heterocycles. The van der Waals surface area contributed by atoms with Crippen molar-refractivity contribution in [3.63, 3.8) is 0 Å². The average Bonchev–Trinajstić information content (AvgIpc) is 2.95. The monoisotopic (exact) mass is 298 g/mol. The van der Waals surface area contributed by atoms with Crippen molar-refractivity contribution < 1.29 is 4.79 Å². The minimum absolute atomic E-state index is 0.0695. The van der Waals surface area contributed by atoms with Gasteiger partial charge in [-0.2, -0.15) is 0 Å². The third kappa shape index (κ3) is 4.19. The van der Waals surface area contributed by atoms with Gasteiger partial charge in [0.15, 0.2) is 0 Å². The number of hydrogen-bond acceptors (Lipinski definition) is 3. The van der Waals surface area contributed by atoms with Crippen LogP contribution in [0.3, 0.4) is 0 Å². The van der Waals surface area contributed by atoms with Crippen LogP contribution in [-0.2, 0) is 6.42 Å². The van der Waals surface area contributed by atoms with Crippen molar-refractivity contribution in [2.75, 3.05) is 13.1 Å². The van der Waals surface area contributed by atoms with Crippen LogP contribution < -0.4 is 11.1 Å². The van der Waals surface area contributed by atoms with E-state index < -0.39 is 0 Å². The lowest BCUT2D eigenvalue weighted by Gasteiger charge is -2.07. The van der Waals surface area contributed by atoms with Gasteiger partial charge in [0.2, 0.25) is 0 Å². The Morgan fingerprint density at radius 1 is 1.33 bits per heavy atom. The summed E-state index contributed by atoms with van der Waals surface area (Å²) >= 11 is 1.40. The zero-order chi connectivity index (χ0) is 15.1. The second kappa shape index (κ2) is 7.63. The third-order valence-corrected chi connectivity index (χ3v) is 4.05. The number of nitrogens with two attached hydrogens (primary N) is 1. The fourth-order valence-corrected chi connectivity index (χ4v) is 2.78. The maximum Gasteiger partial charge on any atom is 0.262 e. The zero-order valence-corrected chi connectivity index (χ0v) is 12.8. The van der Waals surface area contributed by atoms with E-state index in [9.17, 15) is 4.79 Å². The van der Waals surface area contributed by atoms with Gasteiger partial charge in [-0.15, -0.1) is 11.3 Å². The summed E-state index contributed by atoms with van der Waals surface area (Å²) in [4.78, 5) is 12.8. The van der Waals surface area contributed by atoms with Gasteiger partial charge >= 0.3 is 0 Å². The summed E-state index contributed by atoms with van der Waals surface area (Å²) in [6, 6.07) is 10.1. The Morgan fingerprint density at radius 3 is 2.90 bits per heavy atom. The maximum atomic E-state index is 12.2. The van der Waals surface area contributed by atoms with Gasteiger partial charge in [-0.1, -0.05) is 36.1 Å². The van der Waals surface area contributed by atoms with E-state index >= 15 is 0 Å². The highest BCUT2D eigenvalue weighted by Gasteiger charge is 2.11. The molecule has 3 nitrogen and oxygen atoms in total. The molecule has 0 saturated carbocycles. The molecule has 0 spiro atoms. The van der Waals surface area contributed by atoms with Crippen LogP contribution in [0.5, 0.6) is 0 Å². The first kappa shape index (κ1) is 15.3. The Hall–Kier alpha value is -2.09. The predicted octanol–water partition coefficient (Wildman–Crippen LogP) is 2.34. The van der Waals surface area contributed by atoms with Crippen LogP contribution in [0.15, 0.2) is 35.7 Å². The average molecular weight is 298 g/mol. The molecular formula is C17H18N2OS. The number of amides is 1. The number of aryl methyl sites for hydroxylation is 1. The molecule has 0 atom stereocenters. The van der Waals surface area contributed by atoms with Crippen molar-refractivity contribution in [3.05, 3.63) is 57.3 Å². The van der Waals surface area contributed by atoms with Crippen LogP contribution in [0.25, 0.3) is 0 Å². The van der Waals surface area contributed by atoms with Gasteiger partial charge in [0.1, 0.15) is 4.88 Å². The molecule has 0 radical (unpaired) electrons. The molecule has 0 bridgehead atoms. The second-order valence-electron chi connectivity index (χ2n) is 4.60. The van der Waals surface area contributed by atoms with Gasteiger partial charge in [0, 0.05) is 12.1 Å². The molecular weight excluding hydrogens is 280 g/mol. The van der Waals surface area contributed by atoms with E-state index in [0.717, 1.165) is 12.0 Å². The molecule has 0 aliphatic rings. The van der Waals surface area contributed by atoms with Crippen LogP contribution in [0.4, 0.5) is 0 Å². The van der Waals surface area contributed by atoms with E-state index in [1.54, 1.807) is 0 Å². The van der Waals surface area contributed by atoms with Crippen LogP contribution in [-0.4, -0.2) is 19.0 Å². The van der Waals surface area contributed by atoms with Crippen molar-refractivity contribution in [1.29, 1.82) is 0 Å². The Balaban J connectivity index is 1.94. The summed E-state index contributed by atoms with van der Waals surface area (Å²) in [5, 5.41) is 4.82. The molecule has 1 amide bonds. The highest BCUT2D eigenvalue weighted by molar-refractivity contribution is 7.12. The lowest BCUT2D eigenvalue weighted by molar-refractivity contribution is 0.0958. The number of carbonyl (C=O) groups excluding carboxylic acids is 1. The van der Waals surface area contributed by atoms with Gasteiger partial charge in [-0.05, 0) is 35.9 Å². The normalized spacial score (nSPS) is 9.81. The summed E-state index contributed by atoms with van der Waals surface area (Å²) in [5.74, 6) is 5.64. The minimum Gasteiger partial charge on any atom is -0.351 e. The van der Waals surface area contributed by atoms with E-state index in [4.69, 9.17) is 5.73 Å². The number of carbonyl (C=O) groups is 1. The second-order valence-corrected chi connectivity index (χ2v) is 5.52. The molecule has 0 aliphatic carbocycles. The quantitative estimate of drug-likeness (QED) is 0.851. The molecule has 0 saturated heterocycles. The van der Waals surface area contributed by atoms with Gasteiger partial charge < -0.3 is 11.1 Å². The summed E-state index contributed by atoms with van der Waals surface area (Å²) in [5.41, 5.74) is 8.61.